The van der Waals surface area contributed by atoms with Crippen LogP contribution in [0.3, 0.4) is 0 Å². The van der Waals surface area contributed by atoms with E-state index in [1.165, 1.54) is 0 Å². The van der Waals surface area contributed by atoms with Crippen molar-refractivity contribution in [1.82, 2.24) is 14.2 Å². The number of piperazine rings is 1. The maximum absolute atomic E-state index is 11.4. The molecule has 10 nitrogen and oxygen atoms in total. The van der Waals surface area contributed by atoms with Crippen molar-refractivity contribution in [3.05, 3.63) is 48.2 Å². The predicted octanol–water partition coefficient (Wildman–Crippen LogP) is 3.27. The van der Waals surface area contributed by atoms with Crippen LogP contribution in [0.25, 0.3) is 10.8 Å². The molecule has 0 radical (unpaired) electrons. The van der Waals surface area contributed by atoms with E-state index in [0.717, 1.165) is 54.7 Å². The second-order valence-electron chi connectivity index (χ2n) is 9.16. The molecule has 0 saturated carbocycles. The molecule has 0 unspecified atom stereocenters. The minimum Gasteiger partial charge on any atom is -0.494 e. The highest BCUT2D eigenvalue weighted by Gasteiger charge is 2.24. The zero-order chi connectivity index (χ0) is 26.6. The van der Waals surface area contributed by atoms with Gasteiger partial charge in [-0.1, -0.05) is 19.1 Å². The van der Waals surface area contributed by atoms with Crippen molar-refractivity contribution in [2.45, 2.75) is 25.8 Å². The summed E-state index contributed by atoms with van der Waals surface area (Å²) >= 11 is 0. The van der Waals surface area contributed by atoms with Crippen LogP contribution in [0.15, 0.2) is 42.6 Å². The fourth-order valence-corrected chi connectivity index (χ4v) is 5.47. The van der Waals surface area contributed by atoms with Gasteiger partial charge in [-0.15, -0.1) is 0 Å². The lowest BCUT2D eigenvalue weighted by Crippen LogP contribution is -2.46. The number of hydrogen-bond acceptors (Lipinski definition) is 7. The fourth-order valence-electron chi connectivity index (χ4n) is 5.06. The molecule has 2 heterocycles. The van der Waals surface area contributed by atoms with Crippen LogP contribution in [0, 0.1) is 0 Å². The van der Waals surface area contributed by atoms with Gasteiger partial charge in [-0.3, -0.25) is 4.55 Å². The molecule has 11 heteroatoms. The van der Waals surface area contributed by atoms with Crippen LogP contribution in [0.5, 0.6) is 17.4 Å². The molecule has 0 aliphatic carbocycles. The van der Waals surface area contributed by atoms with Gasteiger partial charge in [-0.2, -0.15) is 13.1 Å². The number of nitrogens with one attached hydrogen (secondary N) is 1. The summed E-state index contributed by atoms with van der Waals surface area (Å²) in [5.74, 6) is 1.30. The van der Waals surface area contributed by atoms with Gasteiger partial charge in [0.05, 0.1) is 20.3 Å². The largest absolute Gasteiger partial charge is 0.494 e. The number of methoxy groups -OCH3 is 2. The molecule has 0 bridgehead atoms. The summed E-state index contributed by atoms with van der Waals surface area (Å²) in [6.07, 6.45) is 2.90. The standard InChI is InChI=1S/C26H36N4O6S/c1-4-28-13-15-29(16-14-28)23-8-5-7-20-21(23)18-30(26(20)31)22(9-6-12-27-37(32,33)34)19-10-11-24(35-2)25(17-19)36-3/h5,7-8,10-11,17-18,22,27,31H,4,6,9,12-16H2,1-3H3,(H,32,33,34)/t22-/m1/s1. The van der Waals surface area contributed by atoms with E-state index in [-0.39, 0.29) is 18.5 Å². The maximum Gasteiger partial charge on any atom is 0.333 e. The van der Waals surface area contributed by atoms with Gasteiger partial charge in [0.25, 0.3) is 0 Å². The molecule has 2 aromatic carbocycles. The fraction of sp³-hybridized carbons (Fsp3) is 0.462. The Hall–Kier alpha value is -2.99. The van der Waals surface area contributed by atoms with Crippen LogP contribution in [0.2, 0.25) is 0 Å². The van der Waals surface area contributed by atoms with Crippen molar-refractivity contribution < 1.29 is 27.6 Å². The van der Waals surface area contributed by atoms with Crippen molar-refractivity contribution in [1.29, 1.82) is 0 Å². The van der Waals surface area contributed by atoms with Crippen molar-refractivity contribution >= 4 is 26.8 Å². The topological polar surface area (TPSA) is 117 Å². The molecule has 1 fully saturated rings. The molecule has 0 amide bonds. The lowest BCUT2D eigenvalue weighted by atomic mass is 10.0. The highest BCUT2D eigenvalue weighted by Crippen LogP contribution is 2.40. The Kier molecular flexibility index (Phi) is 8.48. The van der Waals surface area contributed by atoms with Crippen molar-refractivity contribution in [3.63, 3.8) is 0 Å². The van der Waals surface area contributed by atoms with E-state index in [4.69, 9.17) is 14.0 Å². The third kappa shape index (κ3) is 6.12. The maximum atomic E-state index is 11.4. The monoisotopic (exact) mass is 532 g/mol. The lowest BCUT2D eigenvalue weighted by molar-refractivity contribution is 0.271. The number of ether oxygens (including phenoxy) is 2. The summed E-state index contributed by atoms with van der Waals surface area (Å²) in [6.45, 7) is 7.10. The molecule has 4 rings (SSSR count). The number of likely N-dealkylation sites (N-methyl/N-ethyl adjacent to an activating group) is 1. The average molecular weight is 533 g/mol. The predicted molar refractivity (Wildman–Crippen MR) is 144 cm³/mol. The Morgan fingerprint density at radius 2 is 1.76 bits per heavy atom. The molecule has 1 aromatic heterocycles. The number of benzene rings is 2. The van der Waals surface area contributed by atoms with Crippen molar-refractivity contribution in [2.75, 3.05) is 58.4 Å². The van der Waals surface area contributed by atoms with E-state index in [1.54, 1.807) is 14.2 Å². The first kappa shape index (κ1) is 27.1. The van der Waals surface area contributed by atoms with E-state index >= 15 is 0 Å². The van der Waals surface area contributed by atoms with Gasteiger partial charge in [0.15, 0.2) is 17.4 Å². The molecule has 1 aliphatic heterocycles. The van der Waals surface area contributed by atoms with Gasteiger partial charge in [0.1, 0.15) is 0 Å². The van der Waals surface area contributed by atoms with Crippen LogP contribution >= 0.6 is 0 Å². The van der Waals surface area contributed by atoms with E-state index in [9.17, 15) is 13.5 Å². The third-order valence-electron chi connectivity index (χ3n) is 7.06. The molecule has 0 spiro atoms. The van der Waals surface area contributed by atoms with Gasteiger partial charge in [0, 0.05) is 55.4 Å². The summed E-state index contributed by atoms with van der Waals surface area (Å²) in [4.78, 5) is 4.78. The minimum atomic E-state index is -4.28. The molecule has 1 aliphatic rings. The Morgan fingerprint density at radius 3 is 2.41 bits per heavy atom. The second-order valence-corrected chi connectivity index (χ2v) is 10.4. The number of fused-ring (bicyclic) bond motifs is 1. The first-order chi connectivity index (χ1) is 17.8. The van der Waals surface area contributed by atoms with Gasteiger partial charge in [-0.05, 0) is 49.2 Å². The molecular formula is C26H36N4O6S. The average Bonchev–Trinajstić information content (AvgIpc) is 3.24. The Labute approximate surface area is 218 Å². The summed E-state index contributed by atoms with van der Waals surface area (Å²) in [5, 5.41) is 13.1. The summed E-state index contributed by atoms with van der Waals surface area (Å²) in [7, 11) is -1.14. The number of hydrogen-bond donors (Lipinski definition) is 3. The Morgan fingerprint density at radius 1 is 1.03 bits per heavy atom. The molecule has 37 heavy (non-hydrogen) atoms. The first-order valence-corrected chi connectivity index (χ1v) is 13.9. The lowest BCUT2D eigenvalue weighted by Gasteiger charge is -2.35. The number of aromatic hydroxyl groups is 1. The van der Waals surface area contributed by atoms with Gasteiger partial charge < -0.3 is 28.9 Å². The van der Waals surface area contributed by atoms with Crippen LogP contribution in [0.1, 0.15) is 31.4 Å². The van der Waals surface area contributed by atoms with Gasteiger partial charge >= 0.3 is 10.3 Å². The number of nitrogens with zero attached hydrogens (tertiary/aromatic N) is 3. The first-order valence-electron chi connectivity index (χ1n) is 12.5. The van der Waals surface area contributed by atoms with Crippen molar-refractivity contribution in [2.24, 2.45) is 0 Å². The molecule has 1 saturated heterocycles. The summed E-state index contributed by atoms with van der Waals surface area (Å²) < 4.78 is 46.2. The second kappa shape index (κ2) is 11.6. The normalized spacial score (nSPS) is 15.7. The van der Waals surface area contributed by atoms with Gasteiger partial charge in [-0.25, -0.2) is 0 Å². The van der Waals surface area contributed by atoms with E-state index in [0.29, 0.717) is 24.3 Å². The third-order valence-corrected chi connectivity index (χ3v) is 7.63. The minimum absolute atomic E-state index is 0.0666. The number of aromatic nitrogens is 1. The zero-order valence-corrected chi connectivity index (χ0v) is 22.4. The van der Waals surface area contributed by atoms with E-state index in [1.807, 2.05) is 41.1 Å². The molecule has 3 aromatic rings. The van der Waals surface area contributed by atoms with Crippen LogP contribution in [-0.4, -0.2) is 81.0 Å². The van der Waals surface area contributed by atoms with Crippen LogP contribution in [-0.2, 0) is 10.3 Å². The molecule has 1 atom stereocenters. The molecule has 3 N–H and O–H groups in total. The van der Waals surface area contributed by atoms with Gasteiger partial charge in [0.2, 0.25) is 0 Å². The summed E-state index contributed by atoms with van der Waals surface area (Å²) in [5.41, 5.74) is 1.96. The smallest absolute Gasteiger partial charge is 0.333 e. The van der Waals surface area contributed by atoms with Crippen LogP contribution < -0.4 is 19.1 Å². The SMILES string of the molecule is CCN1CCN(c2cccc3c(O)n([C@H](CCCNS(=O)(=O)O)c4ccc(OC)c(OC)c4)cc23)CC1. The van der Waals surface area contributed by atoms with E-state index < -0.39 is 10.3 Å². The zero-order valence-electron chi connectivity index (χ0n) is 21.6. The molecular weight excluding hydrogens is 496 g/mol. The molecule has 202 valence electrons. The number of anilines is 1. The number of rotatable bonds is 11. The highest BCUT2D eigenvalue weighted by atomic mass is 32.2. The Bertz CT molecular complexity index is 1320. The quantitative estimate of drug-likeness (QED) is 0.255. The highest BCUT2D eigenvalue weighted by molar-refractivity contribution is 7.83. The van der Waals surface area contributed by atoms with Crippen molar-refractivity contribution in [3.8, 4) is 17.4 Å². The summed E-state index contributed by atoms with van der Waals surface area (Å²) in [6, 6.07) is 11.3. The van der Waals surface area contributed by atoms with E-state index in [2.05, 4.69) is 27.5 Å². The van der Waals surface area contributed by atoms with Crippen LogP contribution in [0.4, 0.5) is 5.69 Å². The Balaban J connectivity index is 1.72.